The minimum atomic E-state index is -8.41. The number of rotatable bonds is 2. The highest BCUT2D eigenvalue weighted by Gasteiger charge is 2.94. The lowest BCUT2D eigenvalue weighted by Gasteiger charge is -2.37. The van der Waals surface area contributed by atoms with Gasteiger partial charge in [0.25, 0.3) is 0 Å². The van der Waals surface area contributed by atoms with Gasteiger partial charge in [-0.25, -0.2) is 8.78 Å². The van der Waals surface area contributed by atoms with Crippen LogP contribution < -0.4 is 0 Å². The van der Waals surface area contributed by atoms with Crippen molar-refractivity contribution in [1.82, 2.24) is 0 Å². The number of halogens is 20. The molecule has 0 bridgehead atoms. The molecule has 20 heteroatoms. The number of hydrogen-bond acceptors (Lipinski definition) is 0. The Hall–Kier alpha value is -1.66. The van der Waals surface area contributed by atoms with E-state index in [4.69, 9.17) is 0 Å². The summed E-state index contributed by atoms with van der Waals surface area (Å²) in [6.07, 6.45) is -32.8. The molecule has 1 aliphatic rings. The van der Waals surface area contributed by atoms with E-state index >= 15 is 0 Å². The van der Waals surface area contributed by atoms with Gasteiger partial charge in [-0.2, -0.15) is 79.0 Å². The van der Waals surface area contributed by atoms with Crippen LogP contribution in [-0.4, -0.2) is 53.8 Å². The second-order valence-electron chi connectivity index (χ2n) is 5.78. The maximum atomic E-state index is 13.9. The van der Waals surface area contributed by atoms with E-state index < -0.39 is 65.0 Å². The Balaban J connectivity index is 4.59. The first-order chi connectivity index (χ1) is 13.0. The summed E-state index contributed by atoms with van der Waals surface area (Å²) in [4.78, 5) is 0. The standard InChI is InChI=1S/C11F20/c12-3(8(20,21)22,9(23,24)25)1-2(4(13,10(26,27)28)11(29,30)31)6(16,17)7(18,19)5(1,14)15. The Kier molecular flexibility index (Phi) is 5.50. The van der Waals surface area contributed by atoms with Crippen molar-refractivity contribution in [2.24, 2.45) is 0 Å². The third kappa shape index (κ3) is 3.05. The lowest BCUT2D eigenvalue weighted by Crippen LogP contribution is -2.61. The smallest absolute Gasteiger partial charge is 0.218 e. The molecule has 0 nitrogen and oxygen atoms in total. The molecule has 0 amide bonds. The SMILES string of the molecule is FC(F)(F)C(F)(C1=C(C(F)(C(F)(F)F)C(F)(F)F)C(F)(F)C(F)(F)C1(F)F)C(F)(F)F. The summed E-state index contributed by atoms with van der Waals surface area (Å²) in [5.41, 5.74) is -28.5. The Morgan fingerprint density at radius 1 is 0.355 bits per heavy atom. The van der Waals surface area contributed by atoms with Gasteiger partial charge in [0.1, 0.15) is 0 Å². The maximum absolute atomic E-state index is 13.9. The van der Waals surface area contributed by atoms with Crippen molar-refractivity contribution >= 4 is 0 Å². The van der Waals surface area contributed by atoms with Crippen LogP contribution in [0.25, 0.3) is 0 Å². The van der Waals surface area contributed by atoms with Gasteiger partial charge in [0.15, 0.2) is 0 Å². The monoisotopic (exact) mass is 512 g/mol. The van der Waals surface area contributed by atoms with Crippen molar-refractivity contribution in [3.8, 4) is 0 Å². The molecule has 0 aliphatic heterocycles. The lowest BCUT2D eigenvalue weighted by atomic mass is 9.82. The quantitative estimate of drug-likeness (QED) is 0.280. The number of allylic oxidation sites excluding steroid dienone is 2. The zero-order chi connectivity index (χ0) is 25.7. The highest BCUT2D eigenvalue weighted by atomic mass is 19.4. The van der Waals surface area contributed by atoms with Gasteiger partial charge >= 0.3 is 53.8 Å². The summed E-state index contributed by atoms with van der Waals surface area (Å²) in [6.45, 7) is 0. The molecule has 184 valence electrons. The summed E-state index contributed by atoms with van der Waals surface area (Å²) in [5.74, 6) is -24.1. The normalized spacial score (nSPS) is 22.8. The Bertz CT molecular complexity index is 660. The molecule has 0 unspecified atom stereocenters. The molecule has 0 radical (unpaired) electrons. The fourth-order valence-electron chi connectivity index (χ4n) is 2.49. The van der Waals surface area contributed by atoms with Crippen molar-refractivity contribution in [2.75, 3.05) is 0 Å². The van der Waals surface area contributed by atoms with E-state index in [1.54, 1.807) is 0 Å². The largest absolute Gasteiger partial charge is 0.435 e. The van der Waals surface area contributed by atoms with Crippen molar-refractivity contribution < 1.29 is 87.8 Å². The molecule has 0 aromatic carbocycles. The molecule has 0 N–H and O–H groups in total. The van der Waals surface area contributed by atoms with Crippen LogP contribution >= 0.6 is 0 Å². The highest BCUT2D eigenvalue weighted by molar-refractivity contribution is 5.53. The average molecular weight is 512 g/mol. The molecule has 1 aliphatic carbocycles. The van der Waals surface area contributed by atoms with Crippen LogP contribution in [0, 0.1) is 0 Å². The molecule has 0 fully saturated rings. The van der Waals surface area contributed by atoms with E-state index in [0.717, 1.165) is 0 Å². The van der Waals surface area contributed by atoms with E-state index in [1.165, 1.54) is 0 Å². The van der Waals surface area contributed by atoms with Crippen LogP contribution in [-0.2, 0) is 0 Å². The molecule has 0 spiro atoms. The third-order valence-electron chi connectivity index (χ3n) is 3.92. The molecule has 0 saturated heterocycles. The predicted molar refractivity (Wildman–Crippen MR) is 53.8 cm³/mol. The first-order valence-electron chi connectivity index (χ1n) is 6.53. The molecule has 0 saturated carbocycles. The zero-order valence-electron chi connectivity index (χ0n) is 13.1. The van der Waals surface area contributed by atoms with Gasteiger partial charge in [-0.3, -0.25) is 0 Å². The van der Waals surface area contributed by atoms with E-state index in [0.29, 0.717) is 0 Å². The van der Waals surface area contributed by atoms with Crippen LogP contribution in [0.4, 0.5) is 87.8 Å². The van der Waals surface area contributed by atoms with Crippen molar-refractivity contribution in [2.45, 2.75) is 53.8 Å². The molecule has 1 rings (SSSR count). The Morgan fingerprint density at radius 2 is 0.516 bits per heavy atom. The van der Waals surface area contributed by atoms with Gasteiger partial charge in [-0.15, -0.1) is 0 Å². The summed E-state index contributed by atoms with van der Waals surface area (Å²) in [5, 5.41) is 0. The van der Waals surface area contributed by atoms with Gasteiger partial charge in [0.2, 0.25) is 0 Å². The van der Waals surface area contributed by atoms with Crippen molar-refractivity contribution in [3.63, 3.8) is 0 Å². The van der Waals surface area contributed by atoms with Crippen LogP contribution in [0.1, 0.15) is 0 Å². The van der Waals surface area contributed by atoms with Gasteiger partial charge in [-0.1, -0.05) is 0 Å². The van der Waals surface area contributed by atoms with E-state index in [-0.39, 0.29) is 0 Å². The average Bonchev–Trinajstić information content (AvgIpc) is 2.55. The van der Waals surface area contributed by atoms with E-state index in [1.807, 2.05) is 0 Å². The summed E-state index contributed by atoms with van der Waals surface area (Å²) in [6, 6.07) is 0. The molecule has 0 heterocycles. The molecule has 0 aromatic rings. The van der Waals surface area contributed by atoms with Gasteiger partial charge in [0.05, 0.1) is 11.1 Å². The van der Waals surface area contributed by atoms with E-state index in [9.17, 15) is 87.8 Å². The van der Waals surface area contributed by atoms with Crippen LogP contribution in [0.5, 0.6) is 0 Å². The summed E-state index contributed by atoms with van der Waals surface area (Å²) >= 11 is 0. The molecular weight excluding hydrogens is 512 g/mol. The van der Waals surface area contributed by atoms with Gasteiger partial charge in [0, 0.05) is 0 Å². The first-order valence-corrected chi connectivity index (χ1v) is 6.53. The molecule has 0 aromatic heterocycles. The van der Waals surface area contributed by atoms with Crippen LogP contribution in [0.15, 0.2) is 11.1 Å². The van der Waals surface area contributed by atoms with Crippen LogP contribution in [0.3, 0.4) is 0 Å². The topological polar surface area (TPSA) is 0 Å². The molecule has 0 atom stereocenters. The minimum Gasteiger partial charge on any atom is -0.218 e. The Labute approximate surface area is 154 Å². The maximum Gasteiger partial charge on any atom is 0.435 e. The van der Waals surface area contributed by atoms with Crippen molar-refractivity contribution in [3.05, 3.63) is 11.1 Å². The first kappa shape index (κ1) is 27.4. The molecular formula is C11F20. The minimum absolute atomic E-state index is 5.83. The van der Waals surface area contributed by atoms with Crippen molar-refractivity contribution in [1.29, 1.82) is 0 Å². The number of hydrogen-bond donors (Lipinski definition) is 0. The highest BCUT2D eigenvalue weighted by Crippen LogP contribution is 2.71. The summed E-state index contributed by atoms with van der Waals surface area (Å²) < 4.78 is 260. The Morgan fingerprint density at radius 3 is 0.645 bits per heavy atom. The van der Waals surface area contributed by atoms with Gasteiger partial charge in [-0.05, 0) is 0 Å². The fourth-order valence-corrected chi connectivity index (χ4v) is 2.49. The fraction of sp³-hybridized carbons (Fsp3) is 0.818. The number of alkyl halides is 20. The molecule has 31 heavy (non-hydrogen) atoms. The third-order valence-corrected chi connectivity index (χ3v) is 3.92. The van der Waals surface area contributed by atoms with Crippen LogP contribution in [0.2, 0.25) is 0 Å². The lowest BCUT2D eigenvalue weighted by molar-refractivity contribution is -0.341. The van der Waals surface area contributed by atoms with Gasteiger partial charge < -0.3 is 0 Å². The predicted octanol–water partition coefficient (Wildman–Crippen LogP) is 6.87. The van der Waals surface area contributed by atoms with E-state index in [2.05, 4.69) is 0 Å². The second-order valence-corrected chi connectivity index (χ2v) is 5.78. The second kappa shape index (κ2) is 6.22. The summed E-state index contributed by atoms with van der Waals surface area (Å²) in [7, 11) is 0. The zero-order valence-corrected chi connectivity index (χ0v) is 13.1.